The number of H-pyrrole nitrogens is 1. The van der Waals surface area contributed by atoms with Crippen molar-refractivity contribution in [1.29, 1.82) is 0 Å². The lowest BCUT2D eigenvalue weighted by Gasteiger charge is -2.32. The van der Waals surface area contributed by atoms with Crippen LogP contribution in [-0.2, 0) is 16.0 Å². The summed E-state index contributed by atoms with van der Waals surface area (Å²) >= 11 is 1.58. The van der Waals surface area contributed by atoms with Gasteiger partial charge in [-0.1, -0.05) is 0 Å². The average molecular weight is 408 g/mol. The van der Waals surface area contributed by atoms with Gasteiger partial charge in [0.15, 0.2) is 0 Å². The minimum atomic E-state index is -0.00787. The molecule has 1 N–H and O–H groups in total. The molecule has 1 aromatic heterocycles. The van der Waals surface area contributed by atoms with Crippen LogP contribution >= 0.6 is 11.8 Å². The van der Waals surface area contributed by atoms with Gasteiger partial charge in [-0.05, 0) is 39.8 Å². The molecule has 2 fully saturated rings. The van der Waals surface area contributed by atoms with E-state index in [9.17, 15) is 9.59 Å². The van der Waals surface area contributed by atoms with E-state index in [1.807, 2.05) is 29.9 Å². The summed E-state index contributed by atoms with van der Waals surface area (Å²) in [5, 5.41) is 7.32. The van der Waals surface area contributed by atoms with E-state index in [1.54, 1.807) is 11.8 Å². The second kappa shape index (κ2) is 8.45. The highest BCUT2D eigenvalue weighted by Gasteiger charge is 2.54. The number of aromatic amines is 1. The van der Waals surface area contributed by atoms with Crippen LogP contribution in [0.4, 0.5) is 0 Å². The van der Waals surface area contributed by atoms with Crippen molar-refractivity contribution in [2.75, 3.05) is 58.8 Å². The molecule has 7 nitrogen and oxygen atoms in total. The number of nitrogens with one attached hydrogen (secondary N) is 1. The van der Waals surface area contributed by atoms with Crippen LogP contribution in [0.1, 0.15) is 23.4 Å². The first kappa shape index (κ1) is 21.2. The highest BCUT2D eigenvalue weighted by Crippen LogP contribution is 2.43. The van der Waals surface area contributed by atoms with Crippen molar-refractivity contribution in [3.8, 4) is 0 Å². The molecular weight excluding hydrogens is 374 g/mol. The molecule has 8 heteroatoms. The molecule has 2 atom stereocenters. The number of carbonyl (C=O) groups is 2. The largest absolute Gasteiger partial charge is 0.342 e. The Morgan fingerprint density at radius 2 is 1.86 bits per heavy atom. The molecule has 2 saturated heterocycles. The van der Waals surface area contributed by atoms with Gasteiger partial charge in [0, 0.05) is 62.6 Å². The van der Waals surface area contributed by atoms with E-state index in [2.05, 4.69) is 29.2 Å². The van der Waals surface area contributed by atoms with E-state index in [1.165, 1.54) is 0 Å². The number of carbonyl (C=O) groups excluding carboxylic acids is 2. The number of nitrogens with zero attached hydrogens (tertiary/aromatic N) is 4. The number of amides is 2. The van der Waals surface area contributed by atoms with Crippen LogP contribution < -0.4 is 0 Å². The van der Waals surface area contributed by atoms with Gasteiger partial charge >= 0.3 is 0 Å². The topological polar surface area (TPSA) is 72.5 Å². The minimum absolute atomic E-state index is 0.00787. The summed E-state index contributed by atoms with van der Waals surface area (Å²) in [6.07, 6.45) is 3.13. The third-order valence-corrected chi connectivity index (χ3v) is 6.83. The fourth-order valence-electron chi connectivity index (χ4n) is 4.79. The van der Waals surface area contributed by atoms with Gasteiger partial charge in [0.1, 0.15) is 0 Å². The zero-order valence-corrected chi connectivity index (χ0v) is 18.6. The third-order valence-electron chi connectivity index (χ3n) is 6.29. The molecule has 2 amide bonds. The Morgan fingerprint density at radius 1 is 1.21 bits per heavy atom. The summed E-state index contributed by atoms with van der Waals surface area (Å²) in [6.45, 7) is 7.99. The van der Waals surface area contributed by atoms with Crippen LogP contribution in [0.25, 0.3) is 0 Å². The number of rotatable bonds is 7. The maximum Gasteiger partial charge on any atom is 0.232 e. The summed E-state index contributed by atoms with van der Waals surface area (Å²) in [7, 11) is 4.15. The summed E-state index contributed by atoms with van der Waals surface area (Å²) in [4.78, 5) is 31.6. The standard InChI is InChI=1S/C20H33N5O2S/c1-14-15(2)21-22-17(14)6-7-18(26)24-8-16-9-25(19(27)10-28-5)13-20(16,12-24)11-23(3)4/h16H,6-13H2,1-5H3,(H,21,22). The summed E-state index contributed by atoms with van der Waals surface area (Å²) < 4.78 is 0. The molecular formula is C20H33N5O2S. The van der Waals surface area contributed by atoms with E-state index in [0.29, 0.717) is 24.5 Å². The minimum Gasteiger partial charge on any atom is -0.342 e. The molecule has 156 valence electrons. The Balaban J connectivity index is 1.64. The molecule has 2 aliphatic rings. The lowest BCUT2D eigenvalue weighted by molar-refractivity contribution is -0.131. The van der Waals surface area contributed by atoms with Crippen molar-refractivity contribution in [2.45, 2.75) is 26.7 Å². The lowest BCUT2D eigenvalue weighted by Crippen LogP contribution is -2.44. The molecule has 1 aromatic rings. The zero-order chi connectivity index (χ0) is 20.5. The predicted octanol–water partition coefficient (Wildman–Crippen LogP) is 1.17. The van der Waals surface area contributed by atoms with Gasteiger partial charge in [-0.3, -0.25) is 14.7 Å². The average Bonchev–Trinajstić information content (AvgIpc) is 3.24. The van der Waals surface area contributed by atoms with Gasteiger partial charge in [-0.15, -0.1) is 0 Å². The van der Waals surface area contributed by atoms with Gasteiger partial charge in [-0.2, -0.15) is 16.9 Å². The first-order valence-electron chi connectivity index (χ1n) is 9.95. The predicted molar refractivity (Wildman–Crippen MR) is 112 cm³/mol. The Kier molecular flexibility index (Phi) is 6.39. The third kappa shape index (κ3) is 4.22. The van der Waals surface area contributed by atoms with Crippen LogP contribution in [0.2, 0.25) is 0 Å². The number of likely N-dealkylation sites (tertiary alicyclic amines) is 2. The normalized spacial score (nSPS) is 24.3. The Labute approximate surface area is 172 Å². The number of hydrogen-bond acceptors (Lipinski definition) is 5. The number of fused-ring (bicyclic) bond motifs is 1. The lowest BCUT2D eigenvalue weighted by atomic mass is 9.80. The molecule has 3 heterocycles. The number of aryl methyl sites for hydroxylation is 2. The maximum atomic E-state index is 12.9. The molecule has 2 unspecified atom stereocenters. The SMILES string of the molecule is CSCC(=O)N1CC2CN(C(=O)CCc3n[nH]c(C)c3C)CC2(CN(C)C)C1. The highest BCUT2D eigenvalue weighted by molar-refractivity contribution is 7.99. The summed E-state index contributed by atoms with van der Waals surface area (Å²) in [5.74, 6) is 1.33. The molecule has 3 rings (SSSR count). The second-order valence-corrected chi connectivity index (χ2v) is 9.56. The molecule has 28 heavy (non-hydrogen) atoms. The summed E-state index contributed by atoms with van der Waals surface area (Å²) in [6, 6.07) is 0. The maximum absolute atomic E-state index is 12.9. The first-order chi connectivity index (χ1) is 13.3. The van der Waals surface area contributed by atoms with Crippen LogP contribution in [0.5, 0.6) is 0 Å². The summed E-state index contributed by atoms with van der Waals surface area (Å²) in [5.41, 5.74) is 3.20. The van der Waals surface area contributed by atoms with Gasteiger partial charge < -0.3 is 14.7 Å². The van der Waals surface area contributed by atoms with Crippen molar-refractivity contribution in [3.05, 3.63) is 17.0 Å². The van der Waals surface area contributed by atoms with E-state index in [0.717, 1.165) is 49.7 Å². The first-order valence-corrected chi connectivity index (χ1v) is 11.3. The van der Waals surface area contributed by atoms with Gasteiger partial charge in [-0.25, -0.2) is 0 Å². The number of hydrogen-bond donors (Lipinski definition) is 1. The highest BCUT2D eigenvalue weighted by atomic mass is 32.2. The molecule has 0 aliphatic carbocycles. The Morgan fingerprint density at radius 3 is 2.39 bits per heavy atom. The van der Waals surface area contributed by atoms with Gasteiger partial charge in [0.2, 0.25) is 11.8 Å². The monoisotopic (exact) mass is 407 g/mol. The fraction of sp³-hybridized carbons (Fsp3) is 0.750. The molecule has 2 aliphatic heterocycles. The van der Waals surface area contributed by atoms with Crippen LogP contribution in [0.15, 0.2) is 0 Å². The van der Waals surface area contributed by atoms with Gasteiger partial charge in [0.05, 0.1) is 11.4 Å². The molecule has 0 aromatic carbocycles. The zero-order valence-electron chi connectivity index (χ0n) is 17.7. The molecule has 0 saturated carbocycles. The van der Waals surface area contributed by atoms with Crippen molar-refractivity contribution in [1.82, 2.24) is 24.9 Å². The van der Waals surface area contributed by atoms with E-state index >= 15 is 0 Å². The molecule has 0 radical (unpaired) electrons. The van der Waals surface area contributed by atoms with E-state index in [-0.39, 0.29) is 17.2 Å². The van der Waals surface area contributed by atoms with Gasteiger partial charge in [0.25, 0.3) is 0 Å². The number of aromatic nitrogens is 2. The fourth-order valence-corrected chi connectivity index (χ4v) is 5.22. The molecule has 0 bridgehead atoms. The second-order valence-electron chi connectivity index (χ2n) is 8.70. The molecule has 0 spiro atoms. The van der Waals surface area contributed by atoms with Crippen molar-refractivity contribution in [3.63, 3.8) is 0 Å². The van der Waals surface area contributed by atoms with Crippen molar-refractivity contribution in [2.24, 2.45) is 11.3 Å². The quantitative estimate of drug-likeness (QED) is 0.735. The van der Waals surface area contributed by atoms with Crippen molar-refractivity contribution < 1.29 is 9.59 Å². The Hall–Kier alpha value is -1.54. The number of thioether (sulfide) groups is 1. The Bertz CT molecular complexity index is 734. The smallest absolute Gasteiger partial charge is 0.232 e. The van der Waals surface area contributed by atoms with Crippen LogP contribution in [0.3, 0.4) is 0 Å². The van der Waals surface area contributed by atoms with Crippen molar-refractivity contribution >= 4 is 23.6 Å². The van der Waals surface area contributed by atoms with E-state index in [4.69, 9.17) is 0 Å². The van der Waals surface area contributed by atoms with Crippen LogP contribution in [-0.4, -0.2) is 95.5 Å². The van der Waals surface area contributed by atoms with E-state index < -0.39 is 0 Å². The van der Waals surface area contributed by atoms with Crippen LogP contribution in [0, 0.1) is 25.2 Å².